The molecule has 1 amide bonds. The minimum atomic E-state index is -0.494. The summed E-state index contributed by atoms with van der Waals surface area (Å²) in [5.74, 6) is 0.0498. The van der Waals surface area contributed by atoms with Crippen LogP contribution in [0.25, 0.3) is 10.9 Å². The van der Waals surface area contributed by atoms with Crippen molar-refractivity contribution in [3.63, 3.8) is 0 Å². The largest absolute Gasteiger partial charge is 0.355 e. The average molecular weight is 374 g/mol. The maximum Gasteiger partial charge on any atom is 0.261 e. The summed E-state index contributed by atoms with van der Waals surface area (Å²) in [6.07, 6.45) is 5.88. The monoisotopic (exact) mass is 374 g/mol. The van der Waals surface area contributed by atoms with Crippen molar-refractivity contribution in [2.45, 2.75) is 39.2 Å². The van der Waals surface area contributed by atoms with Crippen LogP contribution in [-0.2, 0) is 11.3 Å². The van der Waals surface area contributed by atoms with E-state index in [9.17, 15) is 14.0 Å². The molecular formula is C20H27FN4O2. The number of benzene rings is 1. The molecule has 1 aromatic carbocycles. The third-order valence-electron chi connectivity index (χ3n) is 5.06. The molecule has 3 rings (SSSR count). The van der Waals surface area contributed by atoms with Gasteiger partial charge >= 0.3 is 0 Å². The van der Waals surface area contributed by atoms with E-state index in [0.29, 0.717) is 12.1 Å². The van der Waals surface area contributed by atoms with Gasteiger partial charge in [0, 0.05) is 13.1 Å². The molecule has 1 saturated heterocycles. The second kappa shape index (κ2) is 9.08. The van der Waals surface area contributed by atoms with E-state index in [4.69, 9.17) is 0 Å². The van der Waals surface area contributed by atoms with Crippen molar-refractivity contribution in [3.8, 4) is 0 Å². The smallest absolute Gasteiger partial charge is 0.261 e. The minimum absolute atomic E-state index is 0.109. The summed E-state index contributed by atoms with van der Waals surface area (Å²) < 4.78 is 14.6. The predicted octanol–water partition coefficient (Wildman–Crippen LogP) is 2.16. The van der Waals surface area contributed by atoms with E-state index in [0.717, 1.165) is 31.4 Å². The summed E-state index contributed by atoms with van der Waals surface area (Å²) in [6.45, 7) is 6.19. The molecule has 1 aromatic heterocycles. The van der Waals surface area contributed by atoms with E-state index in [-0.39, 0.29) is 17.8 Å². The highest BCUT2D eigenvalue weighted by molar-refractivity contribution is 5.78. The number of likely N-dealkylation sites (tertiary alicyclic amines) is 1. The Morgan fingerprint density at radius 3 is 3.04 bits per heavy atom. The molecule has 27 heavy (non-hydrogen) atoms. The first kappa shape index (κ1) is 19.5. The van der Waals surface area contributed by atoms with Gasteiger partial charge in [0.1, 0.15) is 12.4 Å². The lowest BCUT2D eigenvalue weighted by atomic mass is 10.0. The van der Waals surface area contributed by atoms with Gasteiger partial charge in [-0.15, -0.1) is 0 Å². The molecule has 7 heteroatoms. The third kappa shape index (κ3) is 5.35. The van der Waals surface area contributed by atoms with Gasteiger partial charge in [-0.1, -0.05) is 6.92 Å². The lowest BCUT2D eigenvalue weighted by Gasteiger charge is -2.30. The number of hydrogen-bond acceptors (Lipinski definition) is 4. The Kier molecular flexibility index (Phi) is 6.55. The normalized spacial score (nSPS) is 17.9. The zero-order valence-corrected chi connectivity index (χ0v) is 15.8. The lowest BCUT2D eigenvalue weighted by Crippen LogP contribution is -2.35. The first-order chi connectivity index (χ1) is 13.0. The molecule has 0 aliphatic carbocycles. The zero-order chi connectivity index (χ0) is 19.2. The van der Waals surface area contributed by atoms with E-state index in [1.54, 1.807) is 0 Å². The first-order valence-corrected chi connectivity index (χ1v) is 9.66. The van der Waals surface area contributed by atoms with E-state index in [2.05, 4.69) is 22.1 Å². The minimum Gasteiger partial charge on any atom is -0.355 e. The van der Waals surface area contributed by atoms with Crippen molar-refractivity contribution in [1.82, 2.24) is 19.8 Å². The van der Waals surface area contributed by atoms with Gasteiger partial charge in [-0.3, -0.25) is 14.2 Å². The third-order valence-corrected chi connectivity index (χ3v) is 5.06. The topological polar surface area (TPSA) is 67.2 Å². The molecule has 0 spiro atoms. The fraction of sp³-hybridized carbons (Fsp3) is 0.550. The fourth-order valence-electron chi connectivity index (χ4n) is 3.63. The van der Waals surface area contributed by atoms with Crippen LogP contribution in [0.2, 0.25) is 0 Å². The molecule has 2 aromatic rings. The van der Waals surface area contributed by atoms with Crippen molar-refractivity contribution >= 4 is 16.8 Å². The van der Waals surface area contributed by atoms with Crippen LogP contribution in [0.15, 0.2) is 29.3 Å². The van der Waals surface area contributed by atoms with Gasteiger partial charge in [-0.2, -0.15) is 0 Å². The summed E-state index contributed by atoms with van der Waals surface area (Å²) in [4.78, 5) is 31.1. The van der Waals surface area contributed by atoms with Gasteiger partial charge in [0.15, 0.2) is 0 Å². The van der Waals surface area contributed by atoms with Gasteiger partial charge in [0.25, 0.3) is 5.56 Å². The Morgan fingerprint density at radius 2 is 2.22 bits per heavy atom. The second-order valence-electron chi connectivity index (χ2n) is 7.44. The van der Waals surface area contributed by atoms with E-state index in [1.807, 2.05) is 0 Å². The van der Waals surface area contributed by atoms with Crippen molar-refractivity contribution in [2.75, 3.05) is 26.2 Å². The summed E-state index contributed by atoms with van der Waals surface area (Å²) in [6, 6.07) is 3.87. The number of rotatable bonds is 7. The van der Waals surface area contributed by atoms with Crippen LogP contribution >= 0.6 is 0 Å². The number of fused-ring (bicyclic) bond motifs is 1. The summed E-state index contributed by atoms with van der Waals surface area (Å²) in [7, 11) is 0. The maximum absolute atomic E-state index is 13.3. The Bertz CT molecular complexity index is 851. The van der Waals surface area contributed by atoms with Crippen LogP contribution in [0.3, 0.4) is 0 Å². The predicted molar refractivity (Wildman–Crippen MR) is 103 cm³/mol. The Balaban J connectivity index is 1.43. The van der Waals surface area contributed by atoms with Crippen molar-refractivity contribution in [3.05, 3.63) is 40.7 Å². The van der Waals surface area contributed by atoms with Crippen molar-refractivity contribution in [1.29, 1.82) is 0 Å². The van der Waals surface area contributed by atoms with Crippen LogP contribution in [0.4, 0.5) is 4.39 Å². The van der Waals surface area contributed by atoms with Gasteiger partial charge in [-0.25, -0.2) is 9.37 Å². The molecule has 0 bridgehead atoms. The maximum atomic E-state index is 13.3. The number of nitrogens with zero attached hydrogens (tertiary/aromatic N) is 3. The molecule has 6 nitrogen and oxygen atoms in total. The van der Waals surface area contributed by atoms with E-state index in [1.165, 1.54) is 49.0 Å². The quantitative estimate of drug-likeness (QED) is 0.755. The van der Waals surface area contributed by atoms with Crippen LogP contribution in [0.1, 0.15) is 32.6 Å². The number of carbonyl (C=O) groups excluding carboxylic acids is 1. The highest BCUT2D eigenvalue weighted by atomic mass is 19.1. The molecular weight excluding hydrogens is 347 g/mol. The number of nitrogens with one attached hydrogen (secondary N) is 1. The number of hydrogen-bond donors (Lipinski definition) is 1. The average Bonchev–Trinajstić information content (AvgIpc) is 2.64. The molecule has 0 saturated carbocycles. The number of amides is 1. The summed E-state index contributed by atoms with van der Waals surface area (Å²) in [5.41, 5.74) is 0.0129. The van der Waals surface area contributed by atoms with Gasteiger partial charge in [0.05, 0.1) is 17.2 Å². The molecule has 0 radical (unpaired) electrons. The molecule has 1 unspecified atom stereocenters. The molecule has 1 N–H and O–H groups in total. The standard InChI is InChI=1S/C20H27FN4O2/c1-15-5-4-10-24(12-15)9-3-2-8-22-19(26)13-25-14-23-18-7-6-16(21)11-17(18)20(25)27/h6-7,11,14-15H,2-5,8-10,12-13H2,1H3,(H,22,26). The fourth-order valence-corrected chi connectivity index (χ4v) is 3.63. The van der Waals surface area contributed by atoms with Crippen molar-refractivity contribution < 1.29 is 9.18 Å². The van der Waals surface area contributed by atoms with Gasteiger partial charge < -0.3 is 10.2 Å². The highest BCUT2D eigenvalue weighted by Crippen LogP contribution is 2.15. The van der Waals surface area contributed by atoms with Crippen LogP contribution in [0, 0.1) is 11.7 Å². The number of piperidine rings is 1. The molecule has 1 atom stereocenters. The number of halogens is 1. The lowest BCUT2D eigenvalue weighted by molar-refractivity contribution is -0.121. The molecule has 1 aliphatic rings. The van der Waals surface area contributed by atoms with Gasteiger partial charge in [-0.05, 0) is 62.9 Å². The highest BCUT2D eigenvalue weighted by Gasteiger charge is 2.15. The van der Waals surface area contributed by atoms with Gasteiger partial charge in [0.2, 0.25) is 5.91 Å². The van der Waals surface area contributed by atoms with Crippen molar-refractivity contribution in [2.24, 2.45) is 5.92 Å². The Morgan fingerprint density at radius 1 is 1.37 bits per heavy atom. The summed E-state index contributed by atoms with van der Waals surface area (Å²) in [5, 5.41) is 3.03. The number of aromatic nitrogens is 2. The molecule has 2 heterocycles. The molecule has 1 fully saturated rings. The van der Waals surface area contributed by atoms with Crippen LogP contribution in [0.5, 0.6) is 0 Å². The Hall–Kier alpha value is -2.28. The first-order valence-electron chi connectivity index (χ1n) is 9.66. The molecule has 146 valence electrons. The number of carbonyl (C=O) groups is 1. The van der Waals surface area contributed by atoms with Crippen LogP contribution in [-0.4, -0.2) is 46.5 Å². The van der Waals surface area contributed by atoms with Crippen LogP contribution < -0.4 is 10.9 Å². The zero-order valence-electron chi connectivity index (χ0n) is 15.8. The molecule has 1 aliphatic heterocycles. The Labute approximate surface area is 158 Å². The SMILES string of the molecule is CC1CCCN(CCCCNC(=O)Cn2cnc3ccc(F)cc3c2=O)C1. The summed E-state index contributed by atoms with van der Waals surface area (Å²) >= 11 is 0. The van der Waals surface area contributed by atoms with E-state index < -0.39 is 11.4 Å². The second-order valence-corrected chi connectivity index (χ2v) is 7.44. The van der Waals surface area contributed by atoms with E-state index >= 15 is 0 Å². The number of unbranched alkanes of at least 4 members (excludes halogenated alkanes) is 1.